The van der Waals surface area contributed by atoms with E-state index in [0.29, 0.717) is 22.5 Å². The molecule has 5 aromatic rings. The molecule has 1 N–H and O–H groups in total. The van der Waals surface area contributed by atoms with Gasteiger partial charge in [0.15, 0.2) is 0 Å². The van der Waals surface area contributed by atoms with Gasteiger partial charge in [0.2, 0.25) is 0 Å². The summed E-state index contributed by atoms with van der Waals surface area (Å²) in [7, 11) is 1.59. The second-order valence-corrected chi connectivity index (χ2v) is 6.77. The third kappa shape index (κ3) is 3.12. The summed E-state index contributed by atoms with van der Waals surface area (Å²) >= 11 is 0. The fourth-order valence-corrected chi connectivity index (χ4v) is 3.45. The molecule has 4 aromatic carbocycles. The highest BCUT2D eigenvalue weighted by Gasteiger charge is 2.11. The van der Waals surface area contributed by atoms with Gasteiger partial charge in [0.05, 0.1) is 29.2 Å². The fourth-order valence-electron chi connectivity index (χ4n) is 3.45. The van der Waals surface area contributed by atoms with Crippen molar-refractivity contribution in [1.82, 2.24) is 9.97 Å². The molecule has 0 atom stereocenters. The number of hydrogen-bond acceptors (Lipinski definition) is 4. The summed E-state index contributed by atoms with van der Waals surface area (Å²) in [6.45, 7) is 0. The molecule has 0 saturated carbocycles. The van der Waals surface area contributed by atoms with Crippen LogP contribution in [-0.4, -0.2) is 23.0 Å². The van der Waals surface area contributed by atoms with Gasteiger partial charge in [-0.25, -0.2) is 9.97 Å². The predicted molar refractivity (Wildman–Crippen MR) is 115 cm³/mol. The largest absolute Gasteiger partial charge is 0.497 e. The van der Waals surface area contributed by atoms with Crippen molar-refractivity contribution >= 4 is 44.4 Å². The van der Waals surface area contributed by atoms with Gasteiger partial charge in [-0.3, -0.25) is 4.79 Å². The number of carbonyl (C=O) groups excluding carboxylic acids is 1. The Morgan fingerprint density at radius 2 is 1.69 bits per heavy atom. The standard InChI is InChI=1S/C24H17N3O2/c1-29-18-7-4-6-17(14-18)25-24(28)16-10-11-20-22(13-16)27-23-19-8-3-2-5-15(19)9-12-21(23)26-20/h2-14H,1H3,(H,25,28). The normalized spacial score (nSPS) is 11.1. The summed E-state index contributed by atoms with van der Waals surface area (Å²) in [6, 6.07) is 24.7. The van der Waals surface area contributed by atoms with Crippen molar-refractivity contribution in [2.45, 2.75) is 0 Å². The molecule has 0 saturated heterocycles. The second kappa shape index (κ2) is 6.87. The lowest BCUT2D eigenvalue weighted by Gasteiger charge is -2.08. The van der Waals surface area contributed by atoms with E-state index in [-0.39, 0.29) is 5.91 Å². The lowest BCUT2D eigenvalue weighted by atomic mass is 10.1. The fraction of sp³-hybridized carbons (Fsp3) is 0.0417. The summed E-state index contributed by atoms with van der Waals surface area (Å²) < 4.78 is 5.21. The Balaban J connectivity index is 1.57. The molecule has 1 heterocycles. The van der Waals surface area contributed by atoms with Crippen LogP contribution in [0.15, 0.2) is 78.9 Å². The zero-order valence-corrected chi connectivity index (χ0v) is 15.7. The minimum atomic E-state index is -0.208. The predicted octanol–water partition coefficient (Wildman–Crippen LogP) is 5.20. The number of hydrogen-bond donors (Lipinski definition) is 1. The number of benzene rings is 4. The zero-order valence-electron chi connectivity index (χ0n) is 15.7. The smallest absolute Gasteiger partial charge is 0.255 e. The molecule has 0 aliphatic rings. The molecule has 1 aromatic heterocycles. The molecule has 0 spiro atoms. The number of anilines is 1. The first-order valence-electron chi connectivity index (χ1n) is 9.26. The van der Waals surface area contributed by atoms with Crippen LogP contribution < -0.4 is 10.1 Å². The number of ether oxygens (including phenoxy) is 1. The summed E-state index contributed by atoms with van der Waals surface area (Å²) in [5, 5.41) is 5.06. The van der Waals surface area contributed by atoms with E-state index in [4.69, 9.17) is 14.7 Å². The molecule has 1 amide bonds. The number of carbonyl (C=O) groups is 1. The van der Waals surface area contributed by atoms with E-state index in [0.717, 1.165) is 27.3 Å². The number of fused-ring (bicyclic) bond motifs is 4. The van der Waals surface area contributed by atoms with Gasteiger partial charge >= 0.3 is 0 Å². The highest BCUT2D eigenvalue weighted by atomic mass is 16.5. The van der Waals surface area contributed by atoms with Crippen LogP contribution in [0.25, 0.3) is 32.8 Å². The van der Waals surface area contributed by atoms with E-state index in [1.54, 1.807) is 25.3 Å². The Kier molecular flexibility index (Phi) is 4.06. The molecular formula is C24H17N3O2. The van der Waals surface area contributed by atoms with Gasteiger partial charge in [-0.05, 0) is 41.8 Å². The van der Waals surface area contributed by atoms with Crippen LogP contribution in [-0.2, 0) is 0 Å². The lowest BCUT2D eigenvalue weighted by Crippen LogP contribution is -2.12. The van der Waals surface area contributed by atoms with Crippen molar-refractivity contribution in [2.75, 3.05) is 12.4 Å². The second-order valence-electron chi connectivity index (χ2n) is 6.77. The van der Waals surface area contributed by atoms with Crippen LogP contribution >= 0.6 is 0 Å². The Morgan fingerprint density at radius 3 is 2.59 bits per heavy atom. The maximum Gasteiger partial charge on any atom is 0.255 e. The molecule has 0 fully saturated rings. The molecule has 0 radical (unpaired) electrons. The van der Waals surface area contributed by atoms with Gasteiger partial charge in [-0.2, -0.15) is 0 Å². The summed E-state index contributed by atoms with van der Waals surface area (Å²) in [5.74, 6) is 0.477. The summed E-state index contributed by atoms with van der Waals surface area (Å²) in [4.78, 5) is 22.3. The van der Waals surface area contributed by atoms with Crippen molar-refractivity contribution in [3.05, 3.63) is 84.4 Å². The minimum absolute atomic E-state index is 0.208. The first kappa shape index (κ1) is 17.1. The molecule has 5 rings (SSSR count). The molecule has 29 heavy (non-hydrogen) atoms. The zero-order chi connectivity index (χ0) is 19.8. The number of rotatable bonds is 3. The van der Waals surface area contributed by atoms with Crippen molar-refractivity contribution < 1.29 is 9.53 Å². The average Bonchev–Trinajstić information content (AvgIpc) is 2.77. The molecule has 0 aliphatic heterocycles. The average molecular weight is 379 g/mol. The van der Waals surface area contributed by atoms with E-state index in [2.05, 4.69) is 11.4 Å². The van der Waals surface area contributed by atoms with Crippen LogP contribution in [0.4, 0.5) is 5.69 Å². The SMILES string of the molecule is COc1cccc(NC(=O)c2ccc3nc4ccc5ccccc5c4nc3c2)c1. The summed E-state index contributed by atoms with van der Waals surface area (Å²) in [6.07, 6.45) is 0. The molecule has 5 nitrogen and oxygen atoms in total. The molecule has 0 bridgehead atoms. The number of nitrogens with one attached hydrogen (secondary N) is 1. The Bertz CT molecular complexity index is 1400. The minimum Gasteiger partial charge on any atom is -0.497 e. The van der Waals surface area contributed by atoms with Crippen molar-refractivity contribution in [3.8, 4) is 5.75 Å². The quantitative estimate of drug-likeness (QED) is 0.346. The van der Waals surface area contributed by atoms with Gasteiger partial charge < -0.3 is 10.1 Å². The van der Waals surface area contributed by atoms with Crippen LogP contribution in [0.3, 0.4) is 0 Å². The highest BCUT2D eigenvalue weighted by molar-refractivity contribution is 6.08. The van der Waals surface area contributed by atoms with E-state index in [1.165, 1.54) is 0 Å². The number of aromatic nitrogens is 2. The molecule has 0 unspecified atom stereocenters. The lowest BCUT2D eigenvalue weighted by molar-refractivity contribution is 0.102. The maximum absolute atomic E-state index is 12.7. The van der Waals surface area contributed by atoms with Gasteiger partial charge in [0.1, 0.15) is 5.75 Å². The van der Waals surface area contributed by atoms with E-state index in [1.807, 2.05) is 54.6 Å². The van der Waals surface area contributed by atoms with E-state index < -0.39 is 0 Å². The Labute approximate surface area is 167 Å². The van der Waals surface area contributed by atoms with Gasteiger partial charge in [0.25, 0.3) is 5.91 Å². The van der Waals surface area contributed by atoms with Crippen LogP contribution in [0.1, 0.15) is 10.4 Å². The molecular weight excluding hydrogens is 362 g/mol. The summed E-state index contributed by atoms with van der Waals surface area (Å²) in [5.41, 5.74) is 4.31. The van der Waals surface area contributed by atoms with Crippen LogP contribution in [0.5, 0.6) is 5.75 Å². The van der Waals surface area contributed by atoms with Crippen molar-refractivity contribution in [3.63, 3.8) is 0 Å². The first-order chi connectivity index (χ1) is 14.2. The van der Waals surface area contributed by atoms with E-state index in [9.17, 15) is 4.79 Å². The Morgan fingerprint density at radius 1 is 0.828 bits per heavy atom. The third-order valence-corrected chi connectivity index (χ3v) is 4.92. The number of methoxy groups -OCH3 is 1. The Hall–Kier alpha value is -3.99. The molecule has 0 aliphatic carbocycles. The van der Waals surface area contributed by atoms with E-state index >= 15 is 0 Å². The number of nitrogens with zero attached hydrogens (tertiary/aromatic N) is 2. The number of amides is 1. The highest BCUT2D eigenvalue weighted by Crippen LogP contribution is 2.25. The topological polar surface area (TPSA) is 64.1 Å². The third-order valence-electron chi connectivity index (χ3n) is 4.92. The van der Waals surface area contributed by atoms with Crippen molar-refractivity contribution in [2.24, 2.45) is 0 Å². The monoisotopic (exact) mass is 379 g/mol. The first-order valence-corrected chi connectivity index (χ1v) is 9.26. The van der Waals surface area contributed by atoms with Crippen LogP contribution in [0, 0.1) is 0 Å². The van der Waals surface area contributed by atoms with Crippen molar-refractivity contribution in [1.29, 1.82) is 0 Å². The van der Waals surface area contributed by atoms with Crippen LogP contribution in [0.2, 0.25) is 0 Å². The maximum atomic E-state index is 12.7. The molecule has 140 valence electrons. The van der Waals surface area contributed by atoms with Gasteiger partial charge in [-0.1, -0.05) is 36.4 Å². The van der Waals surface area contributed by atoms with Gasteiger partial charge in [-0.15, -0.1) is 0 Å². The molecule has 5 heteroatoms. The van der Waals surface area contributed by atoms with Gasteiger partial charge in [0, 0.05) is 22.7 Å².